The van der Waals surface area contributed by atoms with E-state index in [1.165, 1.54) is 32.2 Å². The second kappa shape index (κ2) is 4.84. The van der Waals surface area contributed by atoms with Gasteiger partial charge < -0.3 is 5.32 Å². The van der Waals surface area contributed by atoms with Gasteiger partial charge in [-0.2, -0.15) is 0 Å². The van der Waals surface area contributed by atoms with Crippen LogP contribution in [0.4, 0.5) is 0 Å². The Hall–Kier alpha value is -0.0800. The van der Waals surface area contributed by atoms with E-state index in [1.807, 2.05) is 0 Å². The van der Waals surface area contributed by atoms with Crippen LogP contribution in [0.5, 0.6) is 0 Å². The molecule has 0 amide bonds. The summed E-state index contributed by atoms with van der Waals surface area (Å²) in [4.78, 5) is 2.75. The molecule has 1 saturated heterocycles. The summed E-state index contributed by atoms with van der Waals surface area (Å²) in [6.45, 7) is 9.50. The van der Waals surface area contributed by atoms with Gasteiger partial charge in [0.15, 0.2) is 0 Å². The average Bonchev–Trinajstić information content (AvgIpc) is 2.86. The summed E-state index contributed by atoms with van der Waals surface area (Å²) in [5.74, 6) is 1.02. The SMILES string of the molecule is CCCNC(C)C(C)N1CC2CCC1C2. The van der Waals surface area contributed by atoms with Gasteiger partial charge in [0.25, 0.3) is 0 Å². The minimum Gasteiger partial charge on any atom is -0.313 e. The first kappa shape index (κ1) is 11.4. The van der Waals surface area contributed by atoms with Gasteiger partial charge in [0.1, 0.15) is 0 Å². The maximum atomic E-state index is 3.63. The highest BCUT2D eigenvalue weighted by Gasteiger charge is 2.40. The number of nitrogens with one attached hydrogen (secondary N) is 1. The number of nitrogens with zero attached hydrogens (tertiary/aromatic N) is 1. The molecule has 4 unspecified atom stereocenters. The van der Waals surface area contributed by atoms with Gasteiger partial charge in [-0.25, -0.2) is 0 Å². The van der Waals surface area contributed by atoms with Gasteiger partial charge in [-0.05, 0) is 52.0 Å². The van der Waals surface area contributed by atoms with Crippen molar-refractivity contribution in [3.63, 3.8) is 0 Å². The van der Waals surface area contributed by atoms with Crippen molar-refractivity contribution >= 4 is 0 Å². The van der Waals surface area contributed by atoms with E-state index in [1.54, 1.807) is 0 Å². The lowest BCUT2D eigenvalue weighted by Gasteiger charge is -2.36. The van der Waals surface area contributed by atoms with Crippen LogP contribution in [0.2, 0.25) is 0 Å². The van der Waals surface area contributed by atoms with E-state index in [9.17, 15) is 0 Å². The molecule has 1 heterocycles. The first-order chi connectivity index (χ1) is 7.22. The van der Waals surface area contributed by atoms with Crippen LogP contribution in [0.1, 0.15) is 46.5 Å². The predicted octanol–water partition coefficient (Wildman–Crippen LogP) is 2.25. The van der Waals surface area contributed by atoms with Crippen molar-refractivity contribution in [3.8, 4) is 0 Å². The van der Waals surface area contributed by atoms with Crippen molar-refractivity contribution in [3.05, 3.63) is 0 Å². The number of hydrogen-bond acceptors (Lipinski definition) is 2. The van der Waals surface area contributed by atoms with Crippen LogP contribution in [0.15, 0.2) is 0 Å². The average molecular weight is 210 g/mol. The van der Waals surface area contributed by atoms with Crippen molar-refractivity contribution in [2.45, 2.75) is 64.6 Å². The predicted molar refractivity (Wildman–Crippen MR) is 65.1 cm³/mol. The Morgan fingerprint density at radius 2 is 2.13 bits per heavy atom. The smallest absolute Gasteiger partial charge is 0.0221 e. The van der Waals surface area contributed by atoms with Crippen LogP contribution in [-0.4, -0.2) is 36.1 Å². The molecule has 15 heavy (non-hydrogen) atoms. The Balaban J connectivity index is 1.82. The monoisotopic (exact) mass is 210 g/mol. The summed E-state index contributed by atoms with van der Waals surface area (Å²) < 4.78 is 0. The first-order valence-corrected chi connectivity index (χ1v) is 6.71. The Morgan fingerprint density at radius 1 is 1.33 bits per heavy atom. The minimum absolute atomic E-state index is 0.643. The van der Waals surface area contributed by atoms with E-state index in [-0.39, 0.29) is 0 Å². The number of fused-ring (bicyclic) bond motifs is 2. The van der Waals surface area contributed by atoms with Gasteiger partial charge in [0, 0.05) is 24.7 Å². The Kier molecular flexibility index (Phi) is 3.68. The molecule has 2 aliphatic rings. The molecule has 2 fully saturated rings. The lowest BCUT2D eigenvalue weighted by molar-refractivity contribution is 0.133. The van der Waals surface area contributed by atoms with E-state index < -0.39 is 0 Å². The van der Waals surface area contributed by atoms with E-state index in [0.717, 1.165) is 18.5 Å². The van der Waals surface area contributed by atoms with Crippen LogP contribution in [0.3, 0.4) is 0 Å². The molecule has 1 aliphatic carbocycles. The van der Waals surface area contributed by atoms with Crippen LogP contribution < -0.4 is 5.32 Å². The molecule has 0 aromatic heterocycles. The van der Waals surface area contributed by atoms with Gasteiger partial charge in [0.2, 0.25) is 0 Å². The Bertz CT molecular complexity index is 205. The summed E-state index contributed by atoms with van der Waals surface area (Å²) >= 11 is 0. The van der Waals surface area contributed by atoms with E-state index in [0.29, 0.717) is 12.1 Å². The lowest BCUT2D eigenvalue weighted by Crippen LogP contribution is -2.49. The summed E-state index contributed by atoms with van der Waals surface area (Å²) in [5, 5.41) is 3.63. The fourth-order valence-electron chi connectivity index (χ4n) is 3.29. The zero-order chi connectivity index (χ0) is 10.8. The zero-order valence-electron chi connectivity index (χ0n) is 10.5. The van der Waals surface area contributed by atoms with Gasteiger partial charge in [0.05, 0.1) is 0 Å². The van der Waals surface area contributed by atoms with Crippen LogP contribution in [-0.2, 0) is 0 Å². The van der Waals surface area contributed by atoms with Crippen LogP contribution in [0.25, 0.3) is 0 Å². The summed E-state index contributed by atoms with van der Waals surface area (Å²) in [6.07, 6.45) is 5.66. The maximum Gasteiger partial charge on any atom is 0.0221 e. The third-order valence-corrected chi connectivity index (χ3v) is 4.41. The van der Waals surface area contributed by atoms with Crippen LogP contribution >= 0.6 is 0 Å². The molecule has 2 rings (SSSR count). The highest BCUT2D eigenvalue weighted by molar-refractivity contribution is 4.96. The molecule has 0 radical (unpaired) electrons. The van der Waals surface area contributed by atoms with E-state index in [4.69, 9.17) is 0 Å². The minimum atomic E-state index is 0.643. The Morgan fingerprint density at radius 3 is 2.67 bits per heavy atom. The summed E-state index contributed by atoms with van der Waals surface area (Å²) in [5.41, 5.74) is 0. The van der Waals surface area contributed by atoms with Crippen molar-refractivity contribution in [1.82, 2.24) is 10.2 Å². The topological polar surface area (TPSA) is 15.3 Å². The highest BCUT2D eigenvalue weighted by atomic mass is 15.2. The number of rotatable bonds is 5. The number of piperidine rings is 1. The van der Waals surface area contributed by atoms with E-state index >= 15 is 0 Å². The summed E-state index contributed by atoms with van der Waals surface area (Å²) in [7, 11) is 0. The molecule has 4 atom stereocenters. The van der Waals surface area contributed by atoms with Gasteiger partial charge >= 0.3 is 0 Å². The van der Waals surface area contributed by atoms with Crippen molar-refractivity contribution in [2.24, 2.45) is 5.92 Å². The normalized spacial score (nSPS) is 34.6. The van der Waals surface area contributed by atoms with Gasteiger partial charge in [-0.1, -0.05) is 6.92 Å². The maximum absolute atomic E-state index is 3.63. The van der Waals surface area contributed by atoms with Gasteiger partial charge in [-0.15, -0.1) is 0 Å². The molecule has 0 spiro atoms. The fraction of sp³-hybridized carbons (Fsp3) is 1.00. The molecule has 88 valence electrons. The lowest BCUT2D eigenvalue weighted by atomic mass is 10.0. The van der Waals surface area contributed by atoms with Crippen molar-refractivity contribution < 1.29 is 0 Å². The molecule has 1 N–H and O–H groups in total. The molecular formula is C13H26N2. The second-order valence-electron chi connectivity index (χ2n) is 5.51. The highest BCUT2D eigenvalue weighted by Crippen LogP contribution is 2.38. The Labute approximate surface area is 94.4 Å². The molecule has 0 aromatic rings. The molecular weight excluding hydrogens is 184 g/mol. The molecule has 1 aliphatic heterocycles. The quantitative estimate of drug-likeness (QED) is 0.749. The van der Waals surface area contributed by atoms with Crippen molar-refractivity contribution in [1.29, 1.82) is 0 Å². The molecule has 0 aromatic carbocycles. The molecule has 2 nitrogen and oxygen atoms in total. The van der Waals surface area contributed by atoms with Crippen LogP contribution in [0, 0.1) is 5.92 Å². The molecule has 2 bridgehead atoms. The molecule has 1 saturated carbocycles. The largest absolute Gasteiger partial charge is 0.313 e. The second-order valence-corrected chi connectivity index (χ2v) is 5.51. The summed E-state index contributed by atoms with van der Waals surface area (Å²) in [6, 6.07) is 2.27. The van der Waals surface area contributed by atoms with Crippen molar-refractivity contribution in [2.75, 3.05) is 13.1 Å². The molecule has 2 heteroatoms. The fourth-order valence-corrected chi connectivity index (χ4v) is 3.29. The third-order valence-electron chi connectivity index (χ3n) is 4.41. The third kappa shape index (κ3) is 2.36. The standard InChI is InChI=1S/C13H26N2/c1-4-7-14-10(2)11(3)15-9-12-5-6-13(15)8-12/h10-14H,4-9H2,1-3H3. The number of hydrogen-bond donors (Lipinski definition) is 1. The number of likely N-dealkylation sites (tertiary alicyclic amines) is 1. The zero-order valence-corrected chi connectivity index (χ0v) is 10.5. The first-order valence-electron chi connectivity index (χ1n) is 6.71. The van der Waals surface area contributed by atoms with Gasteiger partial charge in [-0.3, -0.25) is 4.90 Å². The van der Waals surface area contributed by atoms with E-state index in [2.05, 4.69) is 31.0 Å².